The molecule has 38 heavy (non-hydrogen) atoms. The van der Waals surface area contributed by atoms with Crippen LogP contribution in [0.15, 0.2) is 101 Å². The first kappa shape index (κ1) is 25.4. The third kappa shape index (κ3) is 4.71. The summed E-state index contributed by atoms with van der Waals surface area (Å²) >= 11 is 0. The van der Waals surface area contributed by atoms with E-state index in [-0.39, 0.29) is 18.8 Å². The Bertz CT molecular complexity index is 1490. The molecule has 1 fully saturated rings. The van der Waals surface area contributed by atoms with Crippen molar-refractivity contribution in [1.82, 2.24) is 9.55 Å². The molecule has 0 saturated carbocycles. The molecular weight excluding hydrogens is 484 g/mol. The normalized spacial score (nSPS) is 17.5. The molecule has 4 aromatic rings. The molecule has 3 aromatic carbocycles. The van der Waals surface area contributed by atoms with Gasteiger partial charge in [-0.15, -0.1) is 0 Å². The average molecular weight is 513 g/mol. The third-order valence-corrected chi connectivity index (χ3v) is 6.82. The molecule has 1 aliphatic heterocycles. The van der Waals surface area contributed by atoms with E-state index in [1.165, 1.54) is 10.8 Å². The summed E-state index contributed by atoms with van der Waals surface area (Å²) in [4.78, 5) is 39.5. The van der Waals surface area contributed by atoms with Crippen molar-refractivity contribution in [3.05, 3.63) is 134 Å². The minimum Gasteiger partial charge on any atom is -0.497 e. The Balaban J connectivity index is 1.52. The van der Waals surface area contributed by atoms with Crippen LogP contribution in [-0.4, -0.2) is 35.2 Å². The molecular formula is C30H28N2O6. The predicted molar refractivity (Wildman–Crippen MR) is 141 cm³/mol. The number of aromatic nitrogens is 2. The number of ketones is 1. The van der Waals surface area contributed by atoms with Gasteiger partial charge >= 0.3 is 5.69 Å². The number of nitrogens with zero attached hydrogens (tertiary/aromatic N) is 1. The Morgan fingerprint density at radius 1 is 0.895 bits per heavy atom. The van der Waals surface area contributed by atoms with Crippen molar-refractivity contribution in [2.45, 2.75) is 31.3 Å². The average Bonchev–Trinajstić information content (AvgIpc) is 3.32. The summed E-state index contributed by atoms with van der Waals surface area (Å²) in [5.74, 6) is 0.526. The number of carbonyl (C=O) groups excluding carboxylic acids is 1. The van der Waals surface area contributed by atoms with Crippen LogP contribution < -0.4 is 16.0 Å². The second kappa shape index (κ2) is 10.6. The van der Waals surface area contributed by atoms with Gasteiger partial charge < -0.3 is 14.2 Å². The Morgan fingerprint density at radius 3 is 2.05 bits per heavy atom. The fourth-order valence-corrected chi connectivity index (χ4v) is 4.84. The number of hydrogen-bond acceptors (Lipinski definition) is 6. The molecule has 8 heteroatoms. The van der Waals surface area contributed by atoms with Gasteiger partial charge in [-0.2, -0.15) is 0 Å². The van der Waals surface area contributed by atoms with Crippen LogP contribution in [0.2, 0.25) is 0 Å². The van der Waals surface area contributed by atoms with Gasteiger partial charge in [0, 0.05) is 11.8 Å². The molecule has 0 radical (unpaired) electrons. The van der Waals surface area contributed by atoms with E-state index >= 15 is 0 Å². The van der Waals surface area contributed by atoms with E-state index in [2.05, 4.69) is 4.98 Å². The smallest absolute Gasteiger partial charge is 0.330 e. The molecule has 1 saturated heterocycles. The van der Waals surface area contributed by atoms with E-state index in [9.17, 15) is 14.4 Å². The summed E-state index contributed by atoms with van der Waals surface area (Å²) in [6.07, 6.45) is -0.323. The minimum absolute atomic E-state index is 0.00831. The lowest BCUT2D eigenvalue weighted by molar-refractivity contribution is -0.130. The third-order valence-electron chi connectivity index (χ3n) is 6.82. The van der Waals surface area contributed by atoms with Crippen LogP contribution in [0.3, 0.4) is 0 Å². The second-order valence-electron chi connectivity index (χ2n) is 9.18. The zero-order chi connectivity index (χ0) is 26.7. The Labute approximate surface area is 219 Å². The first-order chi connectivity index (χ1) is 18.4. The largest absolute Gasteiger partial charge is 0.497 e. The summed E-state index contributed by atoms with van der Waals surface area (Å²) in [6.45, 7) is 1.54. The van der Waals surface area contributed by atoms with Crippen molar-refractivity contribution in [2.24, 2.45) is 0 Å². The van der Waals surface area contributed by atoms with Crippen molar-refractivity contribution >= 4 is 5.78 Å². The molecule has 2 atom stereocenters. The van der Waals surface area contributed by atoms with Crippen LogP contribution in [0.25, 0.3) is 0 Å². The van der Waals surface area contributed by atoms with Gasteiger partial charge in [-0.1, -0.05) is 72.8 Å². The van der Waals surface area contributed by atoms with E-state index in [0.717, 1.165) is 16.7 Å². The summed E-state index contributed by atoms with van der Waals surface area (Å²) < 4.78 is 19.4. The zero-order valence-corrected chi connectivity index (χ0v) is 21.1. The van der Waals surface area contributed by atoms with Gasteiger partial charge in [-0.3, -0.25) is 19.1 Å². The molecule has 0 amide bonds. The summed E-state index contributed by atoms with van der Waals surface area (Å²) in [7, 11) is 1.61. The molecule has 8 nitrogen and oxygen atoms in total. The van der Waals surface area contributed by atoms with Gasteiger partial charge in [0.1, 0.15) is 23.7 Å². The van der Waals surface area contributed by atoms with Gasteiger partial charge in [0.15, 0.2) is 5.78 Å². The number of methoxy groups -OCH3 is 1. The zero-order valence-electron chi connectivity index (χ0n) is 21.1. The lowest BCUT2D eigenvalue weighted by atomic mass is 9.80. The molecule has 1 N–H and O–H groups in total. The van der Waals surface area contributed by atoms with Gasteiger partial charge in [-0.25, -0.2) is 4.79 Å². The highest BCUT2D eigenvalue weighted by molar-refractivity contribution is 5.85. The highest BCUT2D eigenvalue weighted by atomic mass is 16.6. The second-order valence-corrected chi connectivity index (χ2v) is 9.18. The summed E-state index contributed by atoms with van der Waals surface area (Å²) in [5.41, 5.74) is 0.822. The fraction of sp³-hybridized carbons (Fsp3) is 0.233. The predicted octanol–water partition coefficient (Wildman–Crippen LogP) is 3.72. The number of aromatic amines is 1. The number of hydrogen-bond donors (Lipinski definition) is 1. The van der Waals surface area contributed by atoms with Crippen molar-refractivity contribution in [3.8, 4) is 5.75 Å². The van der Waals surface area contributed by atoms with E-state index in [1.54, 1.807) is 14.0 Å². The number of carbonyl (C=O) groups is 1. The number of ether oxygens (including phenoxy) is 3. The number of benzene rings is 3. The maximum Gasteiger partial charge on any atom is 0.330 e. The molecule has 0 spiro atoms. The highest BCUT2D eigenvalue weighted by Gasteiger charge is 2.41. The van der Waals surface area contributed by atoms with Crippen molar-refractivity contribution in [2.75, 3.05) is 13.7 Å². The Kier molecular flexibility index (Phi) is 7.09. The molecule has 2 heterocycles. The lowest BCUT2D eigenvalue weighted by Gasteiger charge is -2.36. The van der Waals surface area contributed by atoms with Gasteiger partial charge in [-0.05, 0) is 35.7 Å². The molecule has 0 aliphatic carbocycles. The molecule has 0 unspecified atom stereocenters. The van der Waals surface area contributed by atoms with Crippen LogP contribution >= 0.6 is 0 Å². The van der Waals surface area contributed by atoms with Crippen LogP contribution in [0, 0.1) is 6.92 Å². The number of aryl methyl sites for hydroxylation is 1. The van der Waals surface area contributed by atoms with E-state index in [0.29, 0.717) is 11.3 Å². The van der Waals surface area contributed by atoms with Crippen LogP contribution in [0.4, 0.5) is 0 Å². The topological polar surface area (TPSA) is 99.6 Å². The summed E-state index contributed by atoms with van der Waals surface area (Å²) in [5, 5.41) is 0. The minimum atomic E-state index is -1.05. The van der Waals surface area contributed by atoms with E-state index < -0.39 is 29.2 Å². The monoisotopic (exact) mass is 512 g/mol. The van der Waals surface area contributed by atoms with Crippen LogP contribution in [-0.2, 0) is 19.9 Å². The van der Waals surface area contributed by atoms with Gasteiger partial charge in [0.25, 0.3) is 5.56 Å². The van der Waals surface area contributed by atoms with E-state index in [4.69, 9.17) is 14.2 Å². The number of nitrogens with one attached hydrogen (secondary N) is 1. The SMILES string of the molecule is COc1ccc(C(OC[C@H]2O[C@@H](n3cc(C)c(=O)[nH]c3=O)CC2=O)(c2ccccc2)c2ccccc2)cc1. The molecule has 0 bridgehead atoms. The summed E-state index contributed by atoms with van der Waals surface area (Å²) in [6, 6.07) is 27.2. The van der Waals surface area contributed by atoms with Gasteiger partial charge in [0.05, 0.1) is 20.1 Å². The first-order valence-corrected chi connectivity index (χ1v) is 12.3. The molecule has 1 aliphatic rings. The highest BCUT2D eigenvalue weighted by Crippen LogP contribution is 2.41. The molecule has 1 aromatic heterocycles. The van der Waals surface area contributed by atoms with Gasteiger partial charge in [0.2, 0.25) is 0 Å². The number of rotatable bonds is 8. The lowest BCUT2D eigenvalue weighted by Crippen LogP contribution is -2.37. The maximum absolute atomic E-state index is 13.0. The van der Waals surface area contributed by atoms with Crippen molar-refractivity contribution in [1.29, 1.82) is 0 Å². The van der Waals surface area contributed by atoms with Crippen LogP contribution in [0.5, 0.6) is 5.75 Å². The van der Waals surface area contributed by atoms with Crippen molar-refractivity contribution in [3.63, 3.8) is 0 Å². The van der Waals surface area contributed by atoms with Crippen molar-refractivity contribution < 1.29 is 19.0 Å². The Hall–Kier alpha value is -4.27. The number of Topliss-reactive ketones (excluding diaryl/α,β-unsaturated/α-hetero) is 1. The molecule has 5 rings (SSSR count). The quantitative estimate of drug-likeness (QED) is 0.361. The fourth-order valence-electron chi connectivity index (χ4n) is 4.84. The molecule has 194 valence electrons. The Morgan fingerprint density at radius 2 is 1.47 bits per heavy atom. The van der Waals surface area contributed by atoms with E-state index in [1.807, 2.05) is 84.9 Å². The standard InChI is InChI=1S/C30H28N2O6/c1-20-18-32(29(35)31-28(20)34)27-17-25(33)26(38-27)19-37-30(21-9-5-3-6-10-21,22-11-7-4-8-12-22)23-13-15-24(36-2)16-14-23/h3-16,18,26-27H,17,19H2,1-2H3,(H,31,34,35)/t26-,27-/m1/s1. The number of H-pyrrole nitrogens is 1. The van der Waals surface area contributed by atoms with Crippen LogP contribution in [0.1, 0.15) is 34.9 Å². The first-order valence-electron chi connectivity index (χ1n) is 12.3. The maximum atomic E-state index is 13.0.